The number of aromatic nitrogens is 2. The summed E-state index contributed by atoms with van der Waals surface area (Å²) in [5.74, 6) is -2.25. The van der Waals surface area contributed by atoms with Crippen LogP contribution in [0, 0.1) is 24.1 Å². The standard InChI is InChI=1S/C19H15F5N6O2/c1-8-5-9(6-25)7-27-12(8)16(31)29-11-4-3-10(20)14(28-11)18(2)13(21)15(19(22,23)24)32-17(26)30-18/h3-5,7,13,15H,1-2H3,(H2,26,30)(H,28,29,31)/t13-,15-,18-/m0/s1. The van der Waals surface area contributed by atoms with Gasteiger partial charge in [0.25, 0.3) is 11.9 Å². The molecule has 0 aromatic carbocycles. The zero-order valence-electron chi connectivity index (χ0n) is 16.5. The first kappa shape index (κ1) is 22.9. The fourth-order valence-electron chi connectivity index (χ4n) is 3.13. The average Bonchev–Trinajstić information content (AvgIpc) is 2.70. The van der Waals surface area contributed by atoms with Gasteiger partial charge in [-0.3, -0.25) is 4.79 Å². The molecule has 3 rings (SSSR count). The second kappa shape index (κ2) is 8.03. The zero-order valence-corrected chi connectivity index (χ0v) is 16.5. The lowest BCUT2D eigenvalue weighted by Gasteiger charge is -2.38. The Morgan fingerprint density at radius 2 is 2.06 bits per heavy atom. The highest BCUT2D eigenvalue weighted by Crippen LogP contribution is 2.42. The first-order valence-corrected chi connectivity index (χ1v) is 8.94. The number of halogens is 5. The van der Waals surface area contributed by atoms with E-state index in [1.54, 1.807) is 0 Å². The number of pyridine rings is 2. The van der Waals surface area contributed by atoms with Gasteiger partial charge in [0.1, 0.15) is 34.6 Å². The number of nitriles is 1. The lowest BCUT2D eigenvalue weighted by Crippen LogP contribution is -2.55. The molecule has 0 saturated heterocycles. The van der Waals surface area contributed by atoms with Crippen LogP contribution in [0.4, 0.5) is 27.8 Å². The molecule has 1 amide bonds. The predicted molar refractivity (Wildman–Crippen MR) is 101 cm³/mol. The molecule has 2 aromatic heterocycles. The molecule has 168 valence electrons. The highest BCUT2D eigenvalue weighted by Gasteiger charge is 2.59. The van der Waals surface area contributed by atoms with E-state index in [0.29, 0.717) is 5.56 Å². The number of anilines is 1. The van der Waals surface area contributed by atoms with Crippen LogP contribution in [0.15, 0.2) is 29.4 Å². The molecule has 0 saturated carbocycles. The van der Waals surface area contributed by atoms with Crippen molar-refractivity contribution in [2.24, 2.45) is 10.7 Å². The summed E-state index contributed by atoms with van der Waals surface area (Å²) in [6.45, 7) is 2.41. The number of amides is 1. The summed E-state index contributed by atoms with van der Waals surface area (Å²) in [6, 6.07) is 4.11. The molecule has 32 heavy (non-hydrogen) atoms. The second-order valence-electron chi connectivity index (χ2n) is 7.06. The van der Waals surface area contributed by atoms with Gasteiger partial charge in [-0.2, -0.15) is 18.4 Å². The van der Waals surface area contributed by atoms with E-state index in [9.17, 15) is 26.7 Å². The van der Waals surface area contributed by atoms with Crippen molar-refractivity contribution in [2.75, 3.05) is 5.32 Å². The summed E-state index contributed by atoms with van der Waals surface area (Å²) in [5, 5.41) is 11.2. The van der Waals surface area contributed by atoms with Crippen LogP contribution >= 0.6 is 0 Å². The lowest BCUT2D eigenvalue weighted by molar-refractivity contribution is -0.227. The minimum absolute atomic E-state index is 0.0725. The van der Waals surface area contributed by atoms with Gasteiger partial charge in [-0.1, -0.05) is 0 Å². The van der Waals surface area contributed by atoms with Crippen molar-refractivity contribution in [1.82, 2.24) is 9.97 Å². The number of ether oxygens (including phenoxy) is 1. The number of amidine groups is 1. The molecule has 13 heteroatoms. The lowest BCUT2D eigenvalue weighted by atomic mass is 9.87. The molecule has 8 nitrogen and oxygen atoms in total. The smallest absolute Gasteiger partial charge is 0.428 e. The van der Waals surface area contributed by atoms with Crippen molar-refractivity contribution in [3.05, 3.63) is 52.7 Å². The van der Waals surface area contributed by atoms with Crippen molar-refractivity contribution in [3.63, 3.8) is 0 Å². The highest BCUT2D eigenvalue weighted by molar-refractivity contribution is 6.03. The minimum Gasteiger partial charge on any atom is -0.449 e. The molecule has 3 heterocycles. The van der Waals surface area contributed by atoms with Gasteiger partial charge in [0.05, 0.1) is 5.56 Å². The summed E-state index contributed by atoms with van der Waals surface area (Å²) in [5.41, 5.74) is 2.49. The van der Waals surface area contributed by atoms with Crippen LogP contribution in [0.5, 0.6) is 0 Å². The number of carbonyl (C=O) groups excluding carboxylic acids is 1. The number of aryl methyl sites for hydroxylation is 1. The van der Waals surface area contributed by atoms with Gasteiger partial charge in [0.15, 0.2) is 6.17 Å². The monoisotopic (exact) mass is 454 g/mol. The Balaban J connectivity index is 1.98. The number of nitrogens with two attached hydrogens (primary N) is 1. The normalized spacial score (nSPS) is 23.0. The fourth-order valence-corrected chi connectivity index (χ4v) is 3.13. The molecule has 3 atom stereocenters. The first-order valence-electron chi connectivity index (χ1n) is 8.94. The van der Waals surface area contributed by atoms with Crippen molar-refractivity contribution in [1.29, 1.82) is 5.26 Å². The molecule has 1 aliphatic heterocycles. The summed E-state index contributed by atoms with van der Waals surface area (Å²) >= 11 is 0. The van der Waals surface area contributed by atoms with E-state index in [1.165, 1.54) is 13.0 Å². The number of rotatable bonds is 3. The van der Waals surface area contributed by atoms with E-state index in [0.717, 1.165) is 25.3 Å². The number of alkyl halides is 4. The van der Waals surface area contributed by atoms with E-state index >= 15 is 0 Å². The molecule has 2 aromatic rings. The molecule has 0 unspecified atom stereocenters. The number of hydrogen-bond acceptors (Lipinski definition) is 7. The Hall–Kier alpha value is -3.82. The number of carbonyl (C=O) groups is 1. The Kier molecular flexibility index (Phi) is 5.73. The molecule has 0 bridgehead atoms. The van der Waals surface area contributed by atoms with Crippen LogP contribution < -0.4 is 11.1 Å². The van der Waals surface area contributed by atoms with E-state index in [4.69, 9.17) is 11.0 Å². The summed E-state index contributed by atoms with van der Waals surface area (Å²) in [7, 11) is 0. The quantitative estimate of drug-likeness (QED) is 0.687. The van der Waals surface area contributed by atoms with Crippen molar-refractivity contribution < 1.29 is 31.5 Å². The SMILES string of the molecule is Cc1cc(C#N)cnc1C(=O)Nc1ccc(F)c([C@@]2(C)N=C(N)O[C@H](C(F)(F)F)[C@@H]2F)n1. The van der Waals surface area contributed by atoms with Crippen LogP contribution in [0.1, 0.15) is 34.2 Å². The Labute approximate surface area is 177 Å². The van der Waals surface area contributed by atoms with Crippen molar-refractivity contribution in [3.8, 4) is 6.07 Å². The van der Waals surface area contributed by atoms with Crippen molar-refractivity contribution in [2.45, 2.75) is 37.8 Å². The topological polar surface area (TPSA) is 126 Å². The highest BCUT2D eigenvalue weighted by atomic mass is 19.4. The van der Waals surface area contributed by atoms with Crippen molar-refractivity contribution >= 4 is 17.7 Å². The fraction of sp³-hybridized carbons (Fsp3) is 0.316. The minimum atomic E-state index is -5.15. The number of nitrogens with zero attached hydrogens (tertiary/aromatic N) is 4. The number of nitrogens with one attached hydrogen (secondary N) is 1. The maximum Gasteiger partial charge on any atom is 0.428 e. The van der Waals surface area contributed by atoms with Gasteiger partial charge in [-0.15, -0.1) is 0 Å². The Morgan fingerprint density at radius 1 is 1.38 bits per heavy atom. The number of aliphatic imine (C=N–C) groups is 1. The van der Waals surface area contributed by atoms with E-state index in [-0.39, 0.29) is 17.1 Å². The van der Waals surface area contributed by atoms with Gasteiger partial charge in [-0.25, -0.2) is 23.7 Å². The summed E-state index contributed by atoms with van der Waals surface area (Å²) in [4.78, 5) is 23.7. The Bertz CT molecular complexity index is 1150. The summed E-state index contributed by atoms with van der Waals surface area (Å²) in [6.07, 6.45) is -9.86. The average molecular weight is 454 g/mol. The van der Waals surface area contributed by atoms with Gasteiger partial charge in [0, 0.05) is 6.20 Å². The molecule has 3 N–H and O–H groups in total. The zero-order chi connectivity index (χ0) is 23.8. The third-order valence-electron chi connectivity index (χ3n) is 4.71. The largest absolute Gasteiger partial charge is 0.449 e. The molecule has 0 aliphatic carbocycles. The second-order valence-corrected chi connectivity index (χ2v) is 7.06. The predicted octanol–water partition coefficient (Wildman–Crippen LogP) is 2.88. The molecular weight excluding hydrogens is 439 g/mol. The van der Waals surface area contributed by atoms with Crippen LogP contribution in [-0.4, -0.2) is 40.3 Å². The maximum atomic E-state index is 14.9. The van der Waals surface area contributed by atoms with Crippen LogP contribution in [0.25, 0.3) is 0 Å². The van der Waals surface area contributed by atoms with E-state index in [2.05, 4.69) is 25.0 Å². The van der Waals surface area contributed by atoms with E-state index < -0.39 is 47.4 Å². The molecular formula is C19H15F5N6O2. The molecule has 1 aliphatic rings. The summed E-state index contributed by atoms with van der Waals surface area (Å²) < 4.78 is 73.2. The third kappa shape index (κ3) is 4.16. The molecule has 0 radical (unpaired) electrons. The van der Waals surface area contributed by atoms with Gasteiger partial charge in [0.2, 0.25) is 6.10 Å². The molecule has 0 fully saturated rings. The molecule has 0 spiro atoms. The first-order chi connectivity index (χ1) is 14.9. The Morgan fingerprint density at radius 3 is 2.66 bits per heavy atom. The van der Waals surface area contributed by atoms with Crippen LogP contribution in [0.2, 0.25) is 0 Å². The number of hydrogen-bond donors (Lipinski definition) is 2. The third-order valence-corrected chi connectivity index (χ3v) is 4.71. The van der Waals surface area contributed by atoms with Crippen LogP contribution in [0.3, 0.4) is 0 Å². The van der Waals surface area contributed by atoms with Gasteiger partial charge in [-0.05, 0) is 37.6 Å². The maximum absolute atomic E-state index is 14.9. The van der Waals surface area contributed by atoms with Gasteiger partial charge < -0.3 is 15.8 Å². The van der Waals surface area contributed by atoms with E-state index in [1.807, 2.05) is 6.07 Å². The van der Waals surface area contributed by atoms with Crippen LogP contribution in [-0.2, 0) is 10.3 Å². The van der Waals surface area contributed by atoms with Gasteiger partial charge >= 0.3 is 6.18 Å².